The van der Waals surface area contributed by atoms with Gasteiger partial charge in [0.1, 0.15) is 5.69 Å². The number of benzene rings is 1. The van der Waals surface area contributed by atoms with E-state index >= 15 is 0 Å². The molecule has 1 saturated carbocycles. The number of nitrogens with zero attached hydrogens (tertiary/aromatic N) is 3. The predicted molar refractivity (Wildman–Crippen MR) is 119 cm³/mol. The quantitative estimate of drug-likeness (QED) is 0.757. The van der Waals surface area contributed by atoms with Gasteiger partial charge in [-0.05, 0) is 68.1 Å². The lowest BCUT2D eigenvalue weighted by Gasteiger charge is -2.56. The minimum absolute atomic E-state index is 0.181. The van der Waals surface area contributed by atoms with Gasteiger partial charge in [0.15, 0.2) is 0 Å². The zero-order valence-corrected chi connectivity index (χ0v) is 18.0. The van der Waals surface area contributed by atoms with Crippen molar-refractivity contribution in [2.75, 3.05) is 13.1 Å². The van der Waals surface area contributed by atoms with E-state index in [2.05, 4.69) is 44.8 Å². The number of hydrogen-bond donors (Lipinski definition) is 0. The van der Waals surface area contributed by atoms with Crippen LogP contribution in [0.1, 0.15) is 60.6 Å². The van der Waals surface area contributed by atoms with E-state index in [4.69, 9.17) is 0 Å². The highest BCUT2D eigenvalue weighted by molar-refractivity contribution is 5.93. The summed E-state index contributed by atoms with van der Waals surface area (Å²) in [7, 11) is 0. The lowest BCUT2D eigenvalue weighted by Crippen LogP contribution is -2.66. The SMILES string of the molecule is O=C(c1cccn1C1CC1)N1C[C@H]2C[C@@H](C1)[C@H](Cc1ccccc1)N1C(=O)CCC[C@@H]21. The molecule has 2 amide bonds. The number of carbonyl (C=O) groups is 2. The Kier molecular flexibility index (Phi) is 4.66. The first-order chi connectivity index (χ1) is 15.2. The molecule has 1 aromatic carbocycles. The van der Waals surface area contributed by atoms with Gasteiger partial charge in [0, 0.05) is 43.8 Å². The third-order valence-electron chi connectivity index (χ3n) is 8.01. The summed E-state index contributed by atoms with van der Waals surface area (Å²) in [5.74, 6) is 1.27. The average molecular weight is 418 g/mol. The zero-order valence-electron chi connectivity index (χ0n) is 18.0. The third kappa shape index (κ3) is 3.38. The first kappa shape index (κ1) is 19.1. The lowest BCUT2D eigenvalue weighted by molar-refractivity contribution is -0.151. The van der Waals surface area contributed by atoms with E-state index in [0.717, 1.165) is 44.5 Å². The molecule has 4 heterocycles. The first-order valence-corrected chi connectivity index (χ1v) is 12.0. The summed E-state index contributed by atoms with van der Waals surface area (Å²) in [4.78, 5) is 31.0. The van der Waals surface area contributed by atoms with Crippen molar-refractivity contribution in [3.63, 3.8) is 0 Å². The standard InChI is InChI=1S/C26H31N3O2/c30-25-10-4-8-22-19-15-20(24(29(22)25)14-18-6-2-1-3-7-18)17-27(16-19)26(31)23-9-5-13-28(23)21-11-12-21/h1-3,5-7,9,13,19-22,24H,4,8,10-12,14-17H2/t19-,20+,22+,24+/m1/s1. The van der Waals surface area contributed by atoms with Crippen molar-refractivity contribution in [3.05, 3.63) is 59.9 Å². The second-order valence-corrected chi connectivity index (χ2v) is 10.0. The molecule has 6 rings (SSSR count). The smallest absolute Gasteiger partial charge is 0.270 e. The van der Waals surface area contributed by atoms with Gasteiger partial charge < -0.3 is 14.4 Å². The maximum Gasteiger partial charge on any atom is 0.270 e. The van der Waals surface area contributed by atoms with Crippen molar-refractivity contribution < 1.29 is 9.59 Å². The molecule has 4 aliphatic rings. The van der Waals surface area contributed by atoms with Gasteiger partial charge >= 0.3 is 0 Å². The molecule has 0 N–H and O–H groups in total. The normalized spacial score (nSPS) is 30.3. The van der Waals surface area contributed by atoms with Gasteiger partial charge in [-0.2, -0.15) is 0 Å². The average Bonchev–Trinajstić information content (AvgIpc) is 3.53. The van der Waals surface area contributed by atoms with Crippen molar-refractivity contribution in [1.29, 1.82) is 0 Å². The Hall–Kier alpha value is -2.56. The van der Waals surface area contributed by atoms with Crippen molar-refractivity contribution in [2.45, 2.75) is 63.1 Å². The van der Waals surface area contributed by atoms with Gasteiger partial charge in [-0.25, -0.2) is 0 Å². The summed E-state index contributed by atoms with van der Waals surface area (Å²) < 4.78 is 2.19. The summed E-state index contributed by atoms with van der Waals surface area (Å²) in [5, 5.41) is 0. The van der Waals surface area contributed by atoms with Crippen LogP contribution in [-0.2, 0) is 11.2 Å². The number of carbonyl (C=O) groups excluding carboxylic acids is 2. The largest absolute Gasteiger partial charge is 0.340 e. The topological polar surface area (TPSA) is 45.6 Å². The van der Waals surface area contributed by atoms with Crippen LogP contribution in [0.2, 0.25) is 0 Å². The van der Waals surface area contributed by atoms with Crippen LogP contribution < -0.4 is 0 Å². The van der Waals surface area contributed by atoms with Gasteiger partial charge in [0.25, 0.3) is 5.91 Å². The minimum atomic E-state index is 0.181. The molecule has 1 aromatic heterocycles. The van der Waals surface area contributed by atoms with Crippen LogP contribution in [0.25, 0.3) is 0 Å². The molecule has 3 saturated heterocycles. The summed E-state index contributed by atoms with van der Waals surface area (Å²) >= 11 is 0. The number of hydrogen-bond acceptors (Lipinski definition) is 2. The van der Waals surface area contributed by atoms with E-state index in [1.54, 1.807) is 0 Å². The molecule has 0 radical (unpaired) electrons. The molecular weight excluding hydrogens is 386 g/mol. The van der Waals surface area contributed by atoms with Gasteiger partial charge in [-0.15, -0.1) is 0 Å². The van der Waals surface area contributed by atoms with Crippen LogP contribution in [-0.4, -0.2) is 51.4 Å². The van der Waals surface area contributed by atoms with Crippen LogP contribution >= 0.6 is 0 Å². The molecule has 4 atom stereocenters. The highest BCUT2D eigenvalue weighted by Gasteiger charge is 2.50. The second kappa shape index (κ2) is 7.54. The van der Waals surface area contributed by atoms with Gasteiger partial charge in [0.05, 0.1) is 0 Å². The van der Waals surface area contributed by atoms with Crippen molar-refractivity contribution in [1.82, 2.24) is 14.4 Å². The van der Waals surface area contributed by atoms with Crippen LogP contribution in [0.5, 0.6) is 0 Å². The maximum absolute atomic E-state index is 13.6. The van der Waals surface area contributed by atoms with E-state index in [1.807, 2.05) is 18.2 Å². The Morgan fingerprint density at radius 1 is 0.968 bits per heavy atom. The van der Waals surface area contributed by atoms with E-state index in [-0.39, 0.29) is 18.0 Å². The Balaban J connectivity index is 1.30. The fraction of sp³-hybridized carbons (Fsp3) is 0.538. The molecule has 31 heavy (non-hydrogen) atoms. The highest BCUT2D eigenvalue weighted by Crippen LogP contribution is 2.43. The zero-order chi connectivity index (χ0) is 20.9. The molecule has 4 fully saturated rings. The number of fused-ring (bicyclic) bond motifs is 4. The van der Waals surface area contributed by atoms with Crippen LogP contribution in [0, 0.1) is 11.8 Å². The third-order valence-corrected chi connectivity index (χ3v) is 8.01. The Labute approximate surface area is 184 Å². The molecule has 162 valence electrons. The number of piperidine rings is 3. The number of likely N-dealkylation sites (tertiary alicyclic amines) is 1. The van der Waals surface area contributed by atoms with E-state index < -0.39 is 0 Å². The number of amides is 2. The molecule has 1 aliphatic carbocycles. The van der Waals surface area contributed by atoms with Gasteiger partial charge in [-0.3, -0.25) is 9.59 Å². The molecule has 0 spiro atoms. The van der Waals surface area contributed by atoms with E-state index in [1.165, 1.54) is 18.4 Å². The Bertz CT molecular complexity index is 980. The molecule has 2 aromatic rings. The van der Waals surface area contributed by atoms with Crippen LogP contribution in [0.4, 0.5) is 0 Å². The van der Waals surface area contributed by atoms with Crippen molar-refractivity contribution in [3.8, 4) is 0 Å². The monoisotopic (exact) mass is 417 g/mol. The molecular formula is C26H31N3O2. The van der Waals surface area contributed by atoms with Crippen LogP contribution in [0.15, 0.2) is 48.7 Å². The first-order valence-electron chi connectivity index (χ1n) is 12.0. The number of rotatable bonds is 4. The van der Waals surface area contributed by atoms with Crippen LogP contribution in [0.3, 0.4) is 0 Å². The maximum atomic E-state index is 13.6. The summed E-state index contributed by atoms with van der Waals surface area (Å²) in [6.07, 6.45) is 9.19. The summed E-state index contributed by atoms with van der Waals surface area (Å²) in [5.41, 5.74) is 2.13. The van der Waals surface area contributed by atoms with Crippen molar-refractivity contribution in [2.24, 2.45) is 11.8 Å². The van der Waals surface area contributed by atoms with E-state index in [0.29, 0.717) is 30.2 Å². The molecule has 5 nitrogen and oxygen atoms in total. The number of aromatic nitrogens is 1. The highest BCUT2D eigenvalue weighted by atomic mass is 16.2. The molecule has 3 aliphatic heterocycles. The molecule has 0 unspecified atom stereocenters. The fourth-order valence-electron chi connectivity index (χ4n) is 6.47. The minimum Gasteiger partial charge on any atom is -0.340 e. The Morgan fingerprint density at radius 2 is 1.77 bits per heavy atom. The predicted octanol–water partition coefficient (Wildman–Crippen LogP) is 3.91. The lowest BCUT2D eigenvalue weighted by atomic mass is 9.70. The summed E-state index contributed by atoms with van der Waals surface area (Å²) in [6.45, 7) is 1.55. The van der Waals surface area contributed by atoms with Gasteiger partial charge in [0.2, 0.25) is 5.91 Å². The fourth-order valence-corrected chi connectivity index (χ4v) is 6.47. The van der Waals surface area contributed by atoms with Crippen molar-refractivity contribution >= 4 is 11.8 Å². The van der Waals surface area contributed by atoms with E-state index in [9.17, 15) is 9.59 Å². The summed E-state index contributed by atoms with van der Waals surface area (Å²) in [6, 6.07) is 15.5. The Morgan fingerprint density at radius 3 is 2.58 bits per heavy atom. The van der Waals surface area contributed by atoms with Gasteiger partial charge in [-0.1, -0.05) is 30.3 Å². The second-order valence-electron chi connectivity index (χ2n) is 10.0. The molecule has 5 heteroatoms. The molecule has 2 bridgehead atoms.